The highest BCUT2D eigenvalue weighted by atomic mass is 17.2. The van der Waals surface area contributed by atoms with Crippen LogP contribution < -0.4 is 32.6 Å². The Balaban J connectivity index is 0.790. The van der Waals surface area contributed by atoms with Gasteiger partial charge in [0.1, 0.15) is 36.3 Å². The minimum Gasteiger partial charge on any atom is -0.478 e. The predicted molar refractivity (Wildman–Crippen MR) is 382 cm³/mol. The van der Waals surface area contributed by atoms with Crippen molar-refractivity contribution < 1.29 is 87.2 Å². The van der Waals surface area contributed by atoms with Crippen molar-refractivity contribution in [3.8, 4) is 0 Å². The number of aryl methyl sites for hydroxylation is 1. The Morgan fingerprint density at radius 1 is 0.783 bits per heavy atom. The number of nitrogen functional groups attached to an aromatic ring is 1. The number of carbonyl (C=O) groups excluding carboxylic acids is 8. The number of nitrogens with zero attached hydrogens (tertiary/aromatic N) is 3. The van der Waals surface area contributed by atoms with Crippen LogP contribution in [0.15, 0.2) is 150 Å². The van der Waals surface area contributed by atoms with Crippen molar-refractivity contribution in [2.75, 3.05) is 24.2 Å². The number of H-pyrrole nitrogens is 1. The van der Waals surface area contributed by atoms with Crippen LogP contribution in [0.2, 0.25) is 0 Å². The summed E-state index contributed by atoms with van der Waals surface area (Å²) in [6, 6.07) is 32.4. The lowest BCUT2D eigenvalue weighted by molar-refractivity contribution is -0.412. The van der Waals surface area contributed by atoms with Crippen LogP contribution in [0.3, 0.4) is 0 Å². The Bertz CT molecular complexity index is 4630. The molecule has 0 spiro atoms. The van der Waals surface area contributed by atoms with Crippen molar-refractivity contribution in [3.63, 3.8) is 0 Å². The number of carboxylic acids is 1. The molecular formula is C78H85N9O19. The van der Waals surface area contributed by atoms with Gasteiger partial charge in [0.15, 0.2) is 29.2 Å². The van der Waals surface area contributed by atoms with Crippen LogP contribution in [0.4, 0.5) is 11.6 Å². The molecule has 2 saturated carbocycles. The van der Waals surface area contributed by atoms with Crippen LogP contribution in [-0.2, 0) is 61.1 Å². The van der Waals surface area contributed by atoms with Crippen LogP contribution in [-0.4, -0.2) is 150 Å². The summed E-state index contributed by atoms with van der Waals surface area (Å²) in [6.07, 6.45) is -8.05. The minimum atomic E-state index is -2.33. The molecule has 5 aromatic carbocycles. The van der Waals surface area contributed by atoms with Gasteiger partial charge in [0, 0.05) is 84.3 Å². The van der Waals surface area contributed by atoms with E-state index in [2.05, 4.69) is 41.2 Å². The number of aliphatic hydroxyl groups is 2. The first kappa shape index (κ1) is 76.2. The number of hydrogen-bond donors (Lipinski definition) is 9. The fourth-order valence-corrected chi connectivity index (χ4v) is 15.2. The van der Waals surface area contributed by atoms with Gasteiger partial charge in [-0.3, -0.25) is 38.5 Å². The normalized spacial score (nSPS) is 23.7. The number of ketones is 2. The number of hydrogen-bond acceptors (Lipinski definition) is 23. The first-order valence-electron chi connectivity index (χ1n) is 34.9. The van der Waals surface area contributed by atoms with E-state index in [4.69, 9.17) is 34.5 Å². The van der Waals surface area contributed by atoms with Gasteiger partial charge < -0.3 is 61.3 Å². The van der Waals surface area contributed by atoms with Gasteiger partial charge in [0.2, 0.25) is 5.95 Å². The van der Waals surface area contributed by atoms with Crippen molar-refractivity contribution in [3.05, 3.63) is 205 Å². The van der Waals surface area contributed by atoms with Crippen LogP contribution in [0.25, 0.3) is 11.2 Å². The average Bonchev–Trinajstić information content (AvgIpc) is 0.670. The Hall–Kier alpha value is -10.9. The number of nitrogens with one attached hydrogen (secondary N) is 5. The van der Waals surface area contributed by atoms with E-state index in [1.165, 1.54) is 33.0 Å². The number of aromatic carboxylic acids is 1. The van der Waals surface area contributed by atoms with Crippen LogP contribution in [0.5, 0.6) is 0 Å². The number of carboxylic acid groups (broad SMARTS) is 1. The summed E-state index contributed by atoms with van der Waals surface area (Å²) in [6.45, 7) is 12.4. The van der Waals surface area contributed by atoms with Gasteiger partial charge in [-0.2, -0.15) is 4.98 Å². The van der Waals surface area contributed by atoms with E-state index in [9.17, 15) is 53.7 Å². The van der Waals surface area contributed by atoms with E-state index in [0.29, 0.717) is 34.5 Å². The second-order valence-electron chi connectivity index (χ2n) is 28.5. The second-order valence-corrected chi connectivity index (χ2v) is 28.5. The standard InChI is InChI=1S/C78H85N9O19/c1-41-33-54(53(71(96)97)34-52(41)69(94)80-32-18-25-51(89)31-26-42(2)83-67(92)48-27-29-49(30-28-48)81-37-50-38-82-66-60(84-50)70(95)87-74(79)86-66)72(98)105-57-35-56-76(7,40-101-56)63-65(106-102-39-45-19-12-9-13-20-45)78(100)36-55(43(3)58(75(78,5)6)62(103-44(4)88)64(91)77(57,63)8)104-73(99)61(90)59(46-21-14-10-15-22-46)85-68(93)47-23-16-11-17-24-47/h9-17,19-24,27-30,33-34,38,42,55-57,59,61-63,65,81,90,100H,18,25-26,31-32,35-37,39-40H2,1-8H3,(H,80,94)(H,83,92)(H,85,93)(H,96,97)(H3,79,82,86,87,95)/t42-,55+,56-,57+,59+,61-,62-,63-,65+,76-,77-,78-/m1/s1. The van der Waals surface area contributed by atoms with Gasteiger partial charge >= 0.3 is 23.9 Å². The number of rotatable bonds is 27. The first-order valence-corrected chi connectivity index (χ1v) is 34.9. The summed E-state index contributed by atoms with van der Waals surface area (Å²) in [5.74, 6) is -9.05. The van der Waals surface area contributed by atoms with Crippen LogP contribution >= 0.6 is 0 Å². The lowest BCUT2D eigenvalue weighted by atomic mass is 9.42. The van der Waals surface area contributed by atoms with E-state index < -0.39 is 135 Å². The quantitative estimate of drug-likeness (QED) is 0.00600. The van der Waals surface area contributed by atoms with Crippen molar-refractivity contribution in [1.29, 1.82) is 0 Å². The summed E-state index contributed by atoms with van der Waals surface area (Å²) < 4.78 is 25.1. The highest BCUT2D eigenvalue weighted by Gasteiger charge is 2.76. The number of amides is 3. The fourth-order valence-electron chi connectivity index (χ4n) is 15.2. The van der Waals surface area contributed by atoms with Gasteiger partial charge in [-0.05, 0) is 117 Å². The highest BCUT2D eigenvalue weighted by Crippen LogP contribution is 2.66. The molecule has 106 heavy (non-hydrogen) atoms. The molecule has 7 aromatic rings. The lowest BCUT2D eigenvalue weighted by Gasteiger charge is -2.68. The molecule has 4 aliphatic rings. The SMILES string of the molecule is CC(=O)O[C@H]1C(=O)[C@]2(C)[C@@H](OC(=O)c3cc(C)c(C(=O)NCCCC(=O)CC[C@@H](C)NC(=O)c4ccc(NCc5cnc6nc(N)[nH]c(=O)c6n5)cc4)cc3C(=O)O)C[C@H]3OC[C@@]3(C)[C@H]2[C@H](OOCc2ccccc2)[C@]2(O)C[C@H](OC(=O)[C@H](O)[C@@H](NC(=O)c3ccccc3)c3ccccc3)C(C)=C1C2(C)C. The number of benzene rings is 5. The number of esters is 3. The Morgan fingerprint density at radius 2 is 1.44 bits per heavy atom. The number of Topliss-reactive ketones (excluding diaryl/α,β-unsaturated/α-hetero) is 2. The van der Waals surface area contributed by atoms with Gasteiger partial charge in [-0.25, -0.2) is 34.1 Å². The van der Waals surface area contributed by atoms with Gasteiger partial charge in [-0.1, -0.05) is 99.6 Å². The third-order valence-electron chi connectivity index (χ3n) is 21.1. The van der Waals surface area contributed by atoms with Gasteiger partial charge in [0.05, 0.1) is 53.7 Å². The van der Waals surface area contributed by atoms with Gasteiger partial charge in [-0.15, -0.1) is 0 Å². The zero-order chi connectivity index (χ0) is 76.2. The van der Waals surface area contributed by atoms with E-state index >= 15 is 9.59 Å². The fraction of sp³-hybridized carbons (Fsp3) is 0.397. The number of aliphatic hydroxyl groups excluding tert-OH is 1. The molecule has 2 bridgehead atoms. The molecule has 11 rings (SSSR count). The van der Waals surface area contributed by atoms with Crippen LogP contribution in [0.1, 0.15) is 167 Å². The first-order chi connectivity index (χ1) is 50.4. The summed E-state index contributed by atoms with van der Waals surface area (Å²) in [5, 5.41) is 48.6. The van der Waals surface area contributed by atoms with E-state index in [-0.39, 0.29) is 115 Å². The Kier molecular flexibility index (Phi) is 22.6. The monoisotopic (exact) mass is 1450 g/mol. The van der Waals surface area contributed by atoms with Crippen molar-refractivity contribution >= 4 is 76.0 Å². The molecule has 1 saturated heterocycles. The smallest absolute Gasteiger partial charge is 0.339 e. The number of ether oxygens (including phenoxy) is 4. The third-order valence-corrected chi connectivity index (χ3v) is 21.1. The summed E-state index contributed by atoms with van der Waals surface area (Å²) in [5.41, 5.74) is -0.176. The van der Waals surface area contributed by atoms with Crippen molar-refractivity contribution in [1.82, 2.24) is 35.9 Å². The number of nitrogens with two attached hydrogens (primary N) is 1. The van der Waals surface area contributed by atoms with Crippen molar-refractivity contribution in [2.24, 2.45) is 22.2 Å². The Labute approximate surface area is 609 Å². The number of aromatic nitrogens is 4. The second kappa shape index (κ2) is 31.4. The number of carbonyl (C=O) groups is 9. The van der Waals surface area contributed by atoms with Crippen molar-refractivity contribution in [2.45, 2.75) is 161 Å². The lowest BCUT2D eigenvalue weighted by Crippen LogP contribution is -2.78. The molecule has 10 N–H and O–H groups in total. The van der Waals surface area contributed by atoms with E-state index in [1.807, 2.05) is 6.92 Å². The number of anilines is 2. The Morgan fingerprint density at radius 3 is 2.10 bits per heavy atom. The molecule has 28 nitrogen and oxygen atoms in total. The van der Waals surface area contributed by atoms with E-state index in [1.54, 1.807) is 136 Å². The minimum absolute atomic E-state index is 0.00706. The molecule has 3 heterocycles. The number of aromatic amines is 1. The third kappa shape index (κ3) is 15.6. The van der Waals surface area contributed by atoms with Crippen LogP contribution in [0, 0.1) is 29.1 Å². The average molecular weight is 1450 g/mol. The molecule has 1 aliphatic heterocycles. The molecule has 3 aliphatic carbocycles. The van der Waals surface area contributed by atoms with Gasteiger partial charge in [0.25, 0.3) is 23.3 Å². The molecule has 3 amide bonds. The maximum absolute atomic E-state index is 16.5. The molecule has 28 heteroatoms. The predicted octanol–water partition coefficient (Wildman–Crippen LogP) is 7.50. The molecule has 3 fully saturated rings. The molecular weight excluding hydrogens is 1370 g/mol. The molecule has 12 atom stereocenters. The number of fused-ring (bicyclic) bond motifs is 6. The molecule has 0 radical (unpaired) electrons. The zero-order valence-electron chi connectivity index (χ0n) is 59.8. The maximum Gasteiger partial charge on any atom is 0.339 e. The largest absolute Gasteiger partial charge is 0.478 e. The summed E-state index contributed by atoms with van der Waals surface area (Å²) >= 11 is 0. The zero-order valence-corrected chi connectivity index (χ0v) is 59.8. The highest BCUT2D eigenvalue weighted by molar-refractivity contribution is 6.06. The molecule has 2 aromatic heterocycles. The summed E-state index contributed by atoms with van der Waals surface area (Å²) in [7, 11) is 0. The summed E-state index contributed by atoms with van der Waals surface area (Å²) in [4.78, 5) is 167. The maximum atomic E-state index is 16.5. The topological polar surface area (TPSA) is 415 Å². The molecule has 0 unspecified atom stereocenters. The molecule has 556 valence electrons. The van der Waals surface area contributed by atoms with E-state index in [0.717, 1.165) is 13.0 Å².